The average Bonchev–Trinajstić information content (AvgIpc) is 3.05. The van der Waals surface area contributed by atoms with Crippen LogP contribution in [0.15, 0.2) is 42.5 Å². The Morgan fingerprint density at radius 3 is 2.82 bits per heavy atom. The fourth-order valence-corrected chi connectivity index (χ4v) is 3.46. The number of fused-ring (bicyclic) bond motifs is 2. The zero-order chi connectivity index (χ0) is 19.5. The van der Waals surface area contributed by atoms with Gasteiger partial charge in [0.2, 0.25) is 0 Å². The summed E-state index contributed by atoms with van der Waals surface area (Å²) in [4.78, 5) is 17.0. The van der Waals surface area contributed by atoms with Crippen molar-refractivity contribution >= 4 is 17.0 Å². The number of imidazole rings is 1. The molecule has 4 rings (SSSR count). The molecule has 0 amide bonds. The number of hydrogen-bond donors (Lipinski definition) is 0. The minimum Gasteiger partial charge on any atom is -0.486 e. The van der Waals surface area contributed by atoms with Crippen LogP contribution in [0.25, 0.3) is 11.0 Å². The first-order chi connectivity index (χ1) is 13.6. The van der Waals surface area contributed by atoms with E-state index < -0.39 is 0 Å². The van der Waals surface area contributed by atoms with Gasteiger partial charge in [-0.1, -0.05) is 18.2 Å². The molecular weight excluding hydrogens is 356 g/mol. The second kappa shape index (κ2) is 7.92. The van der Waals surface area contributed by atoms with Crippen LogP contribution in [0.2, 0.25) is 0 Å². The first-order valence-electron chi connectivity index (χ1n) is 9.61. The van der Waals surface area contributed by atoms with E-state index in [1.165, 1.54) is 0 Å². The predicted octanol–water partition coefficient (Wildman–Crippen LogP) is 3.85. The van der Waals surface area contributed by atoms with E-state index in [4.69, 9.17) is 14.2 Å². The van der Waals surface area contributed by atoms with Gasteiger partial charge in [-0.2, -0.15) is 0 Å². The molecule has 0 spiro atoms. The molecule has 0 saturated heterocycles. The maximum atomic E-state index is 12.4. The Kier molecular flexibility index (Phi) is 5.19. The Bertz CT molecular complexity index is 995. The lowest BCUT2D eigenvalue weighted by atomic mass is 10.0. The smallest absolute Gasteiger partial charge is 0.313 e. The van der Waals surface area contributed by atoms with E-state index in [0.717, 1.165) is 41.1 Å². The van der Waals surface area contributed by atoms with Crippen LogP contribution >= 0.6 is 0 Å². The van der Waals surface area contributed by atoms with Gasteiger partial charge >= 0.3 is 5.97 Å². The molecule has 1 aliphatic heterocycles. The zero-order valence-electron chi connectivity index (χ0n) is 16.2. The highest BCUT2D eigenvalue weighted by molar-refractivity contribution is 5.78. The predicted molar refractivity (Wildman–Crippen MR) is 106 cm³/mol. The summed E-state index contributed by atoms with van der Waals surface area (Å²) in [7, 11) is 0. The van der Waals surface area contributed by atoms with Crippen molar-refractivity contribution in [3.63, 3.8) is 0 Å². The first-order valence-corrected chi connectivity index (χ1v) is 9.61. The molecule has 2 heterocycles. The monoisotopic (exact) mass is 380 g/mol. The third kappa shape index (κ3) is 3.67. The van der Waals surface area contributed by atoms with Gasteiger partial charge in [-0.25, -0.2) is 4.98 Å². The number of nitrogens with zero attached hydrogens (tertiary/aromatic N) is 2. The summed E-state index contributed by atoms with van der Waals surface area (Å²) in [5.41, 5.74) is 2.96. The van der Waals surface area contributed by atoms with E-state index in [1.54, 1.807) is 0 Å². The minimum atomic E-state index is -0.355. The van der Waals surface area contributed by atoms with Crippen molar-refractivity contribution in [1.29, 1.82) is 0 Å². The molecule has 6 nitrogen and oxygen atoms in total. The molecule has 0 aliphatic carbocycles. The van der Waals surface area contributed by atoms with Crippen molar-refractivity contribution in [2.24, 2.45) is 0 Å². The Labute approximate surface area is 164 Å². The molecule has 1 aliphatic rings. The average molecular weight is 380 g/mol. The summed E-state index contributed by atoms with van der Waals surface area (Å²) in [6.45, 7) is 6.06. The molecule has 1 aromatic heterocycles. The molecule has 0 fully saturated rings. The fourth-order valence-electron chi connectivity index (χ4n) is 3.46. The molecule has 0 N–H and O–H groups in total. The first kappa shape index (κ1) is 18.3. The van der Waals surface area contributed by atoms with Crippen LogP contribution in [0, 0.1) is 6.92 Å². The zero-order valence-corrected chi connectivity index (χ0v) is 16.2. The number of benzene rings is 2. The molecule has 2 aromatic carbocycles. The standard InChI is InChI=1S/C22H24N2O4/c1-15(17-8-9-20-21(14-17)27-13-12-26-20)22(25)28-11-5-10-24-16(2)23-18-6-3-4-7-19(18)24/h3-4,6-9,14-15H,5,10-13H2,1-2H3. The Morgan fingerprint density at radius 1 is 1.18 bits per heavy atom. The number of carbonyl (C=O) groups is 1. The SMILES string of the molecule is Cc1nc2ccccc2n1CCCOC(=O)C(C)c1ccc2c(c1)OCCO2. The second-order valence-corrected chi connectivity index (χ2v) is 6.95. The summed E-state index contributed by atoms with van der Waals surface area (Å²) in [5, 5.41) is 0. The van der Waals surface area contributed by atoms with E-state index in [9.17, 15) is 4.79 Å². The lowest BCUT2D eigenvalue weighted by Crippen LogP contribution is -2.17. The van der Waals surface area contributed by atoms with Crippen molar-refractivity contribution in [1.82, 2.24) is 9.55 Å². The van der Waals surface area contributed by atoms with Crippen LogP contribution in [-0.2, 0) is 16.1 Å². The summed E-state index contributed by atoms with van der Waals surface area (Å²) >= 11 is 0. The van der Waals surface area contributed by atoms with E-state index in [2.05, 4.69) is 15.6 Å². The maximum absolute atomic E-state index is 12.4. The molecular formula is C22H24N2O4. The third-order valence-electron chi connectivity index (χ3n) is 5.04. The van der Waals surface area contributed by atoms with Crippen molar-refractivity contribution < 1.29 is 19.0 Å². The van der Waals surface area contributed by atoms with E-state index in [0.29, 0.717) is 25.6 Å². The molecule has 1 atom stereocenters. The number of aryl methyl sites for hydroxylation is 2. The van der Waals surface area contributed by atoms with Crippen molar-refractivity contribution in [3.05, 3.63) is 53.9 Å². The van der Waals surface area contributed by atoms with E-state index in [1.807, 2.05) is 50.2 Å². The van der Waals surface area contributed by atoms with E-state index >= 15 is 0 Å². The topological polar surface area (TPSA) is 62.6 Å². The van der Waals surface area contributed by atoms with Gasteiger partial charge in [0.05, 0.1) is 23.6 Å². The molecule has 0 radical (unpaired) electrons. The number of rotatable bonds is 6. The van der Waals surface area contributed by atoms with Gasteiger partial charge in [0.15, 0.2) is 11.5 Å². The number of hydrogen-bond acceptors (Lipinski definition) is 5. The van der Waals surface area contributed by atoms with Crippen molar-refractivity contribution in [3.8, 4) is 11.5 Å². The molecule has 146 valence electrons. The molecule has 1 unspecified atom stereocenters. The highest BCUT2D eigenvalue weighted by atomic mass is 16.6. The van der Waals surface area contributed by atoms with Crippen LogP contribution < -0.4 is 9.47 Å². The van der Waals surface area contributed by atoms with Crippen molar-refractivity contribution in [2.75, 3.05) is 19.8 Å². The molecule has 0 bridgehead atoms. The van der Waals surface area contributed by atoms with Crippen LogP contribution in [-0.4, -0.2) is 35.3 Å². The van der Waals surface area contributed by atoms with E-state index in [-0.39, 0.29) is 11.9 Å². The Hall–Kier alpha value is -3.02. The summed E-state index contributed by atoms with van der Waals surface area (Å²) in [6.07, 6.45) is 0.737. The largest absolute Gasteiger partial charge is 0.486 e. The summed E-state index contributed by atoms with van der Waals surface area (Å²) in [5.74, 6) is 1.79. The number of aromatic nitrogens is 2. The number of carbonyl (C=O) groups excluding carboxylic acids is 1. The molecule has 6 heteroatoms. The van der Waals surface area contributed by atoms with Crippen molar-refractivity contribution in [2.45, 2.75) is 32.7 Å². The number of para-hydroxylation sites is 2. The summed E-state index contributed by atoms with van der Waals surface area (Å²) in [6, 6.07) is 13.7. The molecule has 3 aromatic rings. The van der Waals surface area contributed by atoms with Gasteiger partial charge < -0.3 is 18.8 Å². The third-order valence-corrected chi connectivity index (χ3v) is 5.04. The fraction of sp³-hybridized carbons (Fsp3) is 0.364. The highest BCUT2D eigenvalue weighted by Crippen LogP contribution is 2.33. The normalized spacial score (nSPS) is 14.1. The highest BCUT2D eigenvalue weighted by Gasteiger charge is 2.20. The molecule has 0 saturated carbocycles. The van der Waals surface area contributed by atoms with Crippen LogP contribution in [0.1, 0.15) is 30.7 Å². The Morgan fingerprint density at radius 2 is 1.96 bits per heavy atom. The summed E-state index contributed by atoms with van der Waals surface area (Å²) < 4.78 is 18.8. The van der Waals surface area contributed by atoms with Gasteiger partial charge in [-0.3, -0.25) is 4.79 Å². The Balaban J connectivity index is 1.32. The maximum Gasteiger partial charge on any atom is 0.313 e. The van der Waals surface area contributed by atoms with Crippen LogP contribution in [0.5, 0.6) is 11.5 Å². The van der Waals surface area contributed by atoms with Crippen LogP contribution in [0.3, 0.4) is 0 Å². The molecule has 28 heavy (non-hydrogen) atoms. The number of esters is 1. The van der Waals surface area contributed by atoms with Crippen LogP contribution in [0.4, 0.5) is 0 Å². The lowest BCUT2D eigenvalue weighted by Gasteiger charge is -2.20. The van der Waals surface area contributed by atoms with Gasteiger partial charge in [0.25, 0.3) is 0 Å². The second-order valence-electron chi connectivity index (χ2n) is 6.95. The lowest BCUT2D eigenvalue weighted by molar-refractivity contribution is -0.145. The van der Waals surface area contributed by atoms with Gasteiger partial charge in [0, 0.05) is 6.54 Å². The minimum absolute atomic E-state index is 0.233. The van der Waals surface area contributed by atoms with Gasteiger partial charge in [-0.15, -0.1) is 0 Å². The van der Waals surface area contributed by atoms with Gasteiger partial charge in [0.1, 0.15) is 19.0 Å². The quantitative estimate of drug-likeness (QED) is 0.480. The van der Waals surface area contributed by atoms with Gasteiger partial charge in [-0.05, 0) is 50.1 Å². The number of ether oxygens (including phenoxy) is 3.